The molecule has 4 heteroatoms. The van der Waals surface area contributed by atoms with E-state index in [1.807, 2.05) is 24.4 Å². The fraction of sp³-hybridized carbons (Fsp3) is 0.750. The minimum absolute atomic E-state index is 0.163. The van der Waals surface area contributed by atoms with Gasteiger partial charge in [0.1, 0.15) is 5.60 Å². The van der Waals surface area contributed by atoms with E-state index in [0.717, 1.165) is 17.9 Å². The summed E-state index contributed by atoms with van der Waals surface area (Å²) in [5.41, 5.74) is -0.624. The third kappa shape index (κ3) is 2.33. The molecule has 0 amide bonds. The average molecular weight is 295 g/mol. The maximum atomic E-state index is 10.6. The monoisotopic (exact) mass is 295 g/mol. The lowest BCUT2D eigenvalue weighted by atomic mass is 9.55. The van der Waals surface area contributed by atoms with E-state index in [2.05, 4.69) is 19.2 Å². The minimum Gasteiger partial charge on any atom is -0.383 e. The zero-order chi connectivity index (χ0) is 14.4. The van der Waals surface area contributed by atoms with Crippen molar-refractivity contribution in [3.63, 3.8) is 0 Å². The predicted octanol–water partition coefficient (Wildman–Crippen LogP) is 2.75. The Morgan fingerprint density at radius 1 is 1.55 bits per heavy atom. The molecule has 0 radical (unpaired) electrons. The zero-order valence-electron chi connectivity index (χ0n) is 12.6. The maximum Gasteiger partial charge on any atom is 0.108 e. The lowest BCUT2D eigenvalue weighted by Crippen LogP contribution is -2.70. The number of hydrogen-bond donors (Lipinski definition) is 2. The van der Waals surface area contributed by atoms with Gasteiger partial charge in [-0.3, -0.25) is 0 Å². The quantitative estimate of drug-likeness (QED) is 0.897. The van der Waals surface area contributed by atoms with Crippen LogP contribution in [0.25, 0.3) is 0 Å². The lowest BCUT2D eigenvalue weighted by Gasteiger charge is -2.60. The van der Waals surface area contributed by atoms with E-state index in [1.165, 1.54) is 6.42 Å². The summed E-state index contributed by atoms with van der Waals surface area (Å²) in [7, 11) is 0. The van der Waals surface area contributed by atoms with Crippen molar-refractivity contribution in [2.24, 2.45) is 11.3 Å². The van der Waals surface area contributed by atoms with E-state index in [0.29, 0.717) is 24.6 Å². The lowest BCUT2D eigenvalue weighted by molar-refractivity contribution is -0.194. The van der Waals surface area contributed by atoms with Crippen LogP contribution in [0.4, 0.5) is 0 Å². The van der Waals surface area contributed by atoms with Crippen molar-refractivity contribution in [3.8, 4) is 0 Å². The molecule has 3 rings (SSSR count). The van der Waals surface area contributed by atoms with Gasteiger partial charge >= 0.3 is 0 Å². The molecule has 112 valence electrons. The SMILES string of the molecule is CC(O)(CNC1C2CCCOC2C1(C)C)c1cccs1. The molecular formula is C16H25NO2S. The molecule has 2 N–H and O–H groups in total. The highest BCUT2D eigenvalue weighted by Gasteiger charge is 2.57. The molecule has 4 atom stereocenters. The van der Waals surface area contributed by atoms with Crippen LogP contribution in [0.15, 0.2) is 17.5 Å². The summed E-state index contributed by atoms with van der Waals surface area (Å²) >= 11 is 1.62. The van der Waals surface area contributed by atoms with Crippen LogP contribution in [0, 0.1) is 11.3 Å². The van der Waals surface area contributed by atoms with Crippen LogP contribution in [0.2, 0.25) is 0 Å². The van der Waals surface area contributed by atoms with Crippen molar-refractivity contribution < 1.29 is 9.84 Å². The van der Waals surface area contributed by atoms with Crippen molar-refractivity contribution in [2.45, 2.75) is 51.4 Å². The molecule has 1 saturated carbocycles. The Hall–Kier alpha value is -0.420. The summed E-state index contributed by atoms with van der Waals surface area (Å²) in [5.74, 6) is 0.609. The highest BCUT2D eigenvalue weighted by Crippen LogP contribution is 2.51. The Balaban J connectivity index is 1.63. The van der Waals surface area contributed by atoms with Crippen LogP contribution in [-0.4, -0.2) is 30.4 Å². The smallest absolute Gasteiger partial charge is 0.108 e. The summed E-state index contributed by atoms with van der Waals surface area (Å²) < 4.78 is 5.93. The summed E-state index contributed by atoms with van der Waals surface area (Å²) in [6.45, 7) is 7.95. The fourth-order valence-electron chi connectivity index (χ4n) is 3.92. The highest BCUT2D eigenvalue weighted by molar-refractivity contribution is 7.10. The Labute approximate surface area is 125 Å². The second-order valence-corrected chi connectivity index (χ2v) is 7.98. The van der Waals surface area contributed by atoms with Crippen LogP contribution >= 0.6 is 11.3 Å². The van der Waals surface area contributed by atoms with Crippen LogP contribution in [0.1, 0.15) is 38.5 Å². The molecule has 3 nitrogen and oxygen atoms in total. The Kier molecular flexibility index (Phi) is 3.70. The van der Waals surface area contributed by atoms with Gasteiger partial charge in [-0.2, -0.15) is 0 Å². The van der Waals surface area contributed by atoms with E-state index >= 15 is 0 Å². The molecule has 2 heterocycles. The van der Waals surface area contributed by atoms with Crippen molar-refractivity contribution in [1.82, 2.24) is 5.32 Å². The topological polar surface area (TPSA) is 41.5 Å². The third-order valence-corrected chi connectivity index (χ3v) is 6.17. The summed E-state index contributed by atoms with van der Waals surface area (Å²) in [6, 6.07) is 4.44. The molecule has 1 aliphatic heterocycles. The van der Waals surface area contributed by atoms with Gasteiger partial charge in [0.05, 0.1) is 6.10 Å². The number of nitrogens with one attached hydrogen (secondary N) is 1. The van der Waals surface area contributed by atoms with Crippen molar-refractivity contribution in [2.75, 3.05) is 13.2 Å². The van der Waals surface area contributed by atoms with Gasteiger partial charge in [-0.15, -0.1) is 11.3 Å². The van der Waals surface area contributed by atoms with E-state index in [9.17, 15) is 5.11 Å². The molecule has 2 fully saturated rings. The second kappa shape index (κ2) is 5.09. The first kappa shape index (κ1) is 14.5. The van der Waals surface area contributed by atoms with E-state index in [1.54, 1.807) is 11.3 Å². The van der Waals surface area contributed by atoms with Gasteiger partial charge < -0.3 is 15.2 Å². The normalized spacial score (nSPS) is 34.9. The molecule has 2 aliphatic rings. The Morgan fingerprint density at radius 2 is 2.35 bits per heavy atom. The fourth-order valence-corrected chi connectivity index (χ4v) is 4.70. The minimum atomic E-state index is -0.787. The molecule has 0 aromatic carbocycles. The molecule has 1 aromatic heterocycles. The highest BCUT2D eigenvalue weighted by atomic mass is 32.1. The van der Waals surface area contributed by atoms with Crippen LogP contribution in [0.5, 0.6) is 0 Å². The Morgan fingerprint density at radius 3 is 3.05 bits per heavy atom. The number of hydrogen-bond acceptors (Lipinski definition) is 4. The summed E-state index contributed by atoms with van der Waals surface area (Å²) in [4.78, 5) is 1.03. The zero-order valence-corrected chi connectivity index (χ0v) is 13.4. The van der Waals surface area contributed by atoms with E-state index in [-0.39, 0.29) is 5.41 Å². The maximum absolute atomic E-state index is 10.6. The summed E-state index contributed by atoms with van der Waals surface area (Å²) in [5, 5.41) is 16.3. The first-order valence-electron chi connectivity index (χ1n) is 7.54. The number of rotatable bonds is 4. The first-order valence-corrected chi connectivity index (χ1v) is 8.42. The van der Waals surface area contributed by atoms with Crippen molar-refractivity contribution >= 4 is 11.3 Å². The molecular weight excluding hydrogens is 270 g/mol. The summed E-state index contributed by atoms with van der Waals surface area (Å²) in [6.07, 6.45) is 2.80. The number of aliphatic hydroxyl groups is 1. The average Bonchev–Trinajstić information content (AvgIpc) is 2.93. The van der Waals surface area contributed by atoms with Gasteiger partial charge in [-0.05, 0) is 31.2 Å². The second-order valence-electron chi connectivity index (χ2n) is 7.03. The molecule has 1 saturated heterocycles. The molecule has 4 unspecified atom stereocenters. The molecule has 20 heavy (non-hydrogen) atoms. The largest absolute Gasteiger partial charge is 0.383 e. The molecule has 0 bridgehead atoms. The van der Waals surface area contributed by atoms with Crippen molar-refractivity contribution in [3.05, 3.63) is 22.4 Å². The first-order chi connectivity index (χ1) is 9.43. The van der Waals surface area contributed by atoms with Gasteiger partial charge in [0, 0.05) is 35.4 Å². The van der Waals surface area contributed by atoms with Crippen LogP contribution in [-0.2, 0) is 10.3 Å². The van der Waals surface area contributed by atoms with Crippen LogP contribution in [0.3, 0.4) is 0 Å². The number of fused-ring (bicyclic) bond motifs is 1. The van der Waals surface area contributed by atoms with Gasteiger partial charge in [0.2, 0.25) is 0 Å². The Bertz CT molecular complexity index is 455. The predicted molar refractivity (Wildman–Crippen MR) is 81.9 cm³/mol. The third-order valence-electron chi connectivity index (χ3n) is 5.05. The van der Waals surface area contributed by atoms with E-state index in [4.69, 9.17) is 4.74 Å². The van der Waals surface area contributed by atoms with E-state index < -0.39 is 5.60 Å². The van der Waals surface area contributed by atoms with Gasteiger partial charge in [-0.25, -0.2) is 0 Å². The van der Waals surface area contributed by atoms with Crippen molar-refractivity contribution in [1.29, 1.82) is 0 Å². The van der Waals surface area contributed by atoms with Crippen LogP contribution < -0.4 is 5.32 Å². The molecule has 1 aromatic rings. The molecule has 0 spiro atoms. The number of thiophene rings is 1. The van der Waals surface area contributed by atoms with Gasteiger partial charge in [-0.1, -0.05) is 19.9 Å². The van der Waals surface area contributed by atoms with Gasteiger partial charge in [0.25, 0.3) is 0 Å². The number of ether oxygens (including phenoxy) is 1. The standard InChI is InChI=1S/C16H25NO2S/c1-15(2)13(11-6-4-8-19-14(11)15)17-10-16(3,18)12-7-5-9-20-12/h5,7,9,11,13-14,17-18H,4,6,8,10H2,1-3H3. The van der Waals surface area contributed by atoms with Gasteiger partial charge in [0.15, 0.2) is 0 Å². The molecule has 1 aliphatic carbocycles.